The molecule has 1 fully saturated rings. The molecule has 4 nitrogen and oxygen atoms in total. The van der Waals surface area contributed by atoms with E-state index in [9.17, 15) is 9.18 Å². The van der Waals surface area contributed by atoms with Gasteiger partial charge in [0, 0.05) is 0 Å². The fraction of sp³-hybridized carbons (Fsp3) is 0.769. The van der Waals surface area contributed by atoms with E-state index >= 15 is 0 Å². The molecule has 1 heterocycles. The maximum atomic E-state index is 12.2. The fourth-order valence-corrected chi connectivity index (χ4v) is 1.85. The zero-order chi connectivity index (χ0) is 14.0. The average Bonchev–Trinajstić information content (AvgIpc) is 2.48. The Hall–Kier alpha value is -1.10. The van der Waals surface area contributed by atoms with E-state index in [-0.39, 0.29) is 6.04 Å². The zero-order valence-electron chi connectivity index (χ0n) is 11.7. The smallest absolute Gasteiger partial charge is 0.413 e. The van der Waals surface area contributed by atoms with Crippen molar-refractivity contribution in [2.24, 2.45) is 0 Å². The van der Waals surface area contributed by atoms with Gasteiger partial charge in [0.05, 0.1) is 12.6 Å². The molecule has 0 unspecified atom stereocenters. The summed E-state index contributed by atoms with van der Waals surface area (Å²) < 4.78 is 23.1. The van der Waals surface area contributed by atoms with Crippen molar-refractivity contribution in [2.75, 3.05) is 13.3 Å². The van der Waals surface area contributed by atoms with Crippen molar-refractivity contribution in [3.63, 3.8) is 0 Å². The molecule has 5 heteroatoms. The second kappa shape index (κ2) is 5.26. The third kappa shape index (κ3) is 3.70. The van der Waals surface area contributed by atoms with Crippen LogP contribution in [0.3, 0.4) is 0 Å². The van der Waals surface area contributed by atoms with E-state index < -0.39 is 24.1 Å². The Morgan fingerprint density at radius 2 is 2.17 bits per heavy atom. The topological polar surface area (TPSA) is 38.8 Å². The van der Waals surface area contributed by atoms with Gasteiger partial charge in [0.25, 0.3) is 0 Å². The second-order valence-corrected chi connectivity index (χ2v) is 5.76. The summed E-state index contributed by atoms with van der Waals surface area (Å²) in [5, 5.41) is 0. The minimum Gasteiger partial charge on any atom is -0.444 e. The quantitative estimate of drug-likeness (QED) is 0.716. The Balaban J connectivity index is 2.85. The number of hydrogen-bond acceptors (Lipinski definition) is 3. The molecule has 0 N–H and O–H groups in total. The van der Waals surface area contributed by atoms with Crippen LogP contribution in [0, 0.1) is 0 Å². The monoisotopic (exact) mass is 259 g/mol. The first kappa shape index (κ1) is 15.0. The standard InChI is InChI=1S/C13H22FNO3/c1-12(2,3)18-11(16)15-10(7-6-8-14)9-17-13(15,4)5/h6-7,10H,8-9H2,1-5H3/b7-6+/t10-/m0/s1. The molecule has 0 saturated carbocycles. The number of ether oxygens (including phenoxy) is 2. The normalized spacial score (nSPS) is 23.7. The Kier molecular flexibility index (Phi) is 4.37. The van der Waals surface area contributed by atoms with Crippen molar-refractivity contribution in [3.8, 4) is 0 Å². The van der Waals surface area contributed by atoms with E-state index in [1.165, 1.54) is 11.0 Å². The SMILES string of the molecule is CC(C)(C)OC(=O)N1[C@@H](/C=C/CF)COC1(C)C. The number of hydrogen-bond donors (Lipinski definition) is 0. The Morgan fingerprint density at radius 3 is 2.67 bits per heavy atom. The predicted molar refractivity (Wildman–Crippen MR) is 67.0 cm³/mol. The van der Waals surface area contributed by atoms with Gasteiger partial charge in [0.2, 0.25) is 0 Å². The summed E-state index contributed by atoms with van der Waals surface area (Å²) in [5.74, 6) is 0. The van der Waals surface area contributed by atoms with E-state index in [1.54, 1.807) is 40.7 Å². The predicted octanol–water partition coefficient (Wildman–Crippen LogP) is 2.88. The van der Waals surface area contributed by atoms with Crippen molar-refractivity contribution in [3.05, 3.63) is 12.2 Å². The lowest BCUT2D eigenvalue weighted by Crippen LogP contribution is -2.49. The largest absolute Gasteiger partial charge is 0.444 e. The van der Waals surface area contributed by atoms with E-state index in [0.717, 1.165) is 0 Å². The van der Waals surface area contributed by atoms with E-state index in [1.807, 2.05) is 0 Å². The highest BCUT2D eigenvalue weighted by atomic mass is 19.1. The van der Waals surface area contributed by atoms with Gasteiger partial charge in [-0.25, -0.2) is 9.18 Å². The van der Waals surface area contributed by atoms with Crippen LogP contribution in [-0.2, 0) is 9.47 Å². The molecule has 0 aliphatic carbocycles. The summed E-state index contributed by atoms with van der Waals surface area (Å²) in [7, 11) is 0. The van der Waals surface area contributed by atoms with Crippen molar-refractivity contribution < 1.29 is 18.7 Å². The minimum atomic E-state index is -0.742. The van der Waals surface area contributed by atoms with Gasteiger partial charge in [-0.2, -0.15) is 0 Å². The Labute approximate surface area is 108 Å². The minimum absolute atomic E-state index is 0.286. The van der Waals surface area contributed by atoms with Crippen LogP contribution in [-0.4, -0.2) is 41.6 Å². The van der Waals surface area contributed by atoms with Gasteiger partial charge in [-0.1, -0.05) is 12.2 Å². The third-order valence-electron chi connectivity index (χ3n) is 2.56. The average molecular weight is 259 g/mol. The van der Waals surface area contributed by atoms with Crippen LogP contribution in [0.25, 0.3) is 0 Å². The number of nitrogens with zero attached hydrogens (tertiary/aromatic N) is 1. The molecule has 1 amide bonds. The van der Waals surface area contributed by atoms with Crippen LogP contribution in [0.15, 0.2) is 12.2 Å². The van der Waals surface area contributed by atoms with Gasteiger partial charge < -0.3 is 9.47 Å². The summed E-state index contributed by atoms with van der Waals surface area (Å²) in [5.41, 5.74) is -1.31. The lowest BCUT2D eigenvalue weighted by Gasteiger charge is -2.34. The Morgan fingerprint density at radius 1 is 1.56 bits per heavy atom. The number of halogens is 1. The highest BCUT2D eigenvalue weighted by molar-refractivity contribution is 5.70. The first-order chi connectivity index (χ1) is 8.17. The van der Waals surface area contributed by atoms with Gasteiger partial charge in [-0.3, -0.25) is 4.90 Å². The van der Waals surface area contributed by atoms with Crippen LogP contribution < -0.4 is 0 Å². The molecule has 1 rings (SSSR count). The first-order valence-corrected chi connectivity index (χ1v) is 6.06. The number of carbonyl (C=O) groups is 1. The van der Waals surface area contributed by atoms with Crippen molar-refractivity contribution in [2.45, 2.75) is 52.0 Å². The molecule has 18 heavy (non-hydrogen) atoms. The molecule has 0 spiro atoms. The molecule has 0 aromatic heterocycles. The molecule has 0 aromatic rings. The number of amides is 1. The molecule has 1 atom stereocenters. The molecule has 0 radical (unpaired) electrons. The van der Waals surface area contributed by atoms with Crippen molar-refractivity contribution >= 4 is 6.09 Å². The van der Waals surface area contributed by atoms with Crippen LogP contribution >= 0.6 is 0 Å². The van der Waals surface area contributed by atoms with E-state index in [4.69, 9.17) is 9.47 Å². The van der Waals surface area contributed by atoms with Crippen LogP contribution in [0.1, 0.15) is 34.6 Å². The summed E-state index contributed by atoms with van der Waals surface area (Å²) in [6.07, 6.45) is 2.57. The fourth-order valence-electron chi connectivity index (χ4n) is 1.85. The number of allylic oxidation sites excluding steroid dienone is 1. The summed E-state index contributed by atoms with van der Waals surface area (Å²) >= 11 is 0. The third-order valence-corrected chi connectivity index (χ3v) is 2.56. The molecule has 1 aliphatic rings. The summed E-state index contributed by atoms with van der Waals surface area (Å²) in [4.78, 5) is 13.7. The molecule has 1 saturated heterocycles. The number of alkyl halides is 1. The van der Waals surface area contributed by atoms with Gasteiger partial charge >= 0.3 is 6.09 Å². The maximum absolute atomic E-state index is 12.2. The maximum Gasteiger partial charge on any atom is 0.413 e. The second-order valence-electron chi connectivity index (χ2n) is 5.76. The summed E-state index contributed by atoms with van der Waals surface area (Å²) in [6.45, 7) is 8.80. The molecule has 104 valence electrons. The zero-order valence-corrected chi connectivity index (χ0v) is 11.7. The molecule has 1 aliphatic heterocycles. The lowest BCUT2D eigenvalue weighted by molar-refractivity contribution is -0.0610. The molecule has 0 aromatic carbocycles. The molecular weight excluding hydrogens is 237 g/mol. The van der Waals surface area contributed by atoms with Gasteiger partial charge in [-0.15, -0.1) is 0 Å². The Bertz CT molecular complexity index is 334. The van der Waals surface area contributed by atoms with Crippen LogP contribution in [0.4, 0.5) is 9.18 Å². The van der Waals surface area contributed by atoms with Crippen LogP contribution in [0.5, 0.6) is 0 Å². The van der Waals surface area contributed by atoms with Crippen molar-refractivity contribution in [1.29, 1.82) is 0 Å². The first-order valence-electron chi connectivity index (χ1n) is 6.06. The van der Waals surface area contributed by atoms with E-state index in [0.29, 0.717) is 6.61 Å². The number of carbonyl (C=O) groups excluding carboxylic acids is 1. The van der Waals surface area contributed by atoms with Gasteiger partial charge in [0.15, 0.2) is 0 Å². The molecular formula is C13H22FNO3. The van der Waals surface area contributed by atoms with Gasteiger partial charge in [-0.05, 0) is 34.6 Å². The highest BCUT2D eigenvalue weighted by Gasteiger charge is 2.44. The highest BCUT2D eigenvalue weighted by Crippen LogP contribution is 2.29. The number of rotatable bonds is 2. The molecule has 0 bridgehead atoms. The van der Waals surface area contributed by atoms with Crippen LogP contribution in [0.2, 0.25) is 0 Å². The van der Waals surface area contributed by atoms with Gasteiger partial charge in [0.1, 0.15) is 18.0 Å². The van der Waals surface area contributed by atoms with Crippen molar-refractivity contribution in [1.82, 2.24) is 4.90 Å². The summed E-state index contributed by atoms with van der Waals surface area (Å²) in [6, 6.07) is -0.286. The van der Waals surface area contributed by atoms with E-state index in [2.05, 4.69) is 0 Å². The lowest BCUT2D eigenvalue weighted by atomic mass is 10.2.